The standard InChI is InChI=1S/C24H19F3N4O2/c25-24(26,27)33-21-11-6-10-18(23(32)29-14-12-17-9-4-5-13-28-17)22(21)20-15-19(30-31-20)16-7-2-1-3-8-16/h1-11,13,15H,12,14H2,(H,29,32)(H,30,31). The van der Waals surface area contributed by atoms with Crippen LogP contribution in [0.25, 0.3) is 22.5 Å². The van der Waals surface area contributed by atoms with Crippen LogP contribution in [0, 0.1) is 0 Å². The second-order valence-corrected chi connectivity index (χ2v) is 7.09. The number of ether oxygens (including phenoxy) is 1. The lowest BCUT2D eigenvalue weighted by Gasteiger charge is -2.15. The first-order valence-electron chi connectivity index (χ1n) is 10.1. The Kier molecular flexibility index (Phi) is 6.39. The highest BCUT2D eigenvalue weighted by molar-refractivity contribution is 6.02. The zero-order valence-electron chi connectivity index (χ0n) is 17.3. The van der Waals surface area contributed by atoms with E-state index in [1.54, 1.807) is 18.3 Å². The Balaban J connectivity index is 1.65. The monoisotopic (exact) mass is 452 g/mol. The Hall–Kier alpha value is -4.14. The predicted octanol–water partition coefficient (Wildman–Crippen LogP) is 5.01. The van der Waals surface area contributed by atoms with E-state index >= 15 is 0 Å². The molecule has 1 amide bonds. The molecule has 0 aliphatic rings. The molecule has 0 bridgehead atoms. The molecule has 4 rings (SSSR count). The first-order valence-corrected chi connectivity index (χ1v) is 10.1. The number of alkyl halides is 3. The van der Waals surface area contributed by atoms with Gasteiger partial charge in [0.2, 0.25) is 0 Å². The molecular weight excluding hydrogens is 433 g/mol. The molecule has 0 unspecified atom stereocenters. The van der Waals surface area contributed by atoms with E-state index in [0.717, 1.165) is 17.3 Å². The number of H-pyrrole nitrogens is 1. The first-order chi connectivity index (χ1) is 15.9. The molecule has 9 heteroatoms. The Bertz CT molecular complexity index is 1230. The summed E-state index contributed by atoms with van der Waals surface area (Å²) < 4.78 is 43.4. The SMILES string of the molecule is O=C(NCCc1ccccn1)c1cccc(OC(F)(F)F)c1-c1cc(-c2ccccc2)[nH]n1. The summed E-state index contributed by atoms with van der Waals surface area (Å²) in [5.74, 6) is -1.05. The molecule has 0 spiro atoms. The molecule has 2 aromatic heterocycles. The maximum absolute atomic E-state index is 13.1. The Morgan fingerprint density at radius 3 is 2.52 bits per heavy atom. The largest absolute Gasteiger partial charge is 0.573 e. The molecule has 0 aliphatic carbocycles. The number of aromatic nitrogens is 3. The Morgan fingerprint density at radius 2 is 1.79 bits per heavy atom. The number of aromatic amines is 1. The highest BCUT2D eigenvalue weighted by Crippen LogP contribution is 2.37. The number of hydrogen-bond acceptors (Lipinski definition) is 4. The number of carbonyl (C=O) groups excluding carboxylic acids is 1. The van der Waals surface area contributed by atoms with Crippen molar-refractivity contribution in [1.82, 2.24) is 20.5 Å². The molecule has 2 aromatic carbocycles. The molecule has 0 radical (unpaired) electrons. The second kappa shape index (κ2) is 9.56. The third kappa shape index (κ3) is 5.57. The minimum atomic E-state index is -4.93. The van der Waals surface area contributed by atoms with Crippen LogP contribution in [-0.4, -0.2) is 34.0 Å². The van der Waals surface area contributed by atoms with E-state index in [2.05, 4.69) is 25.2 Å². The summed E-state index contributed by atoms with van der Waals surface area (Å²) in [5, 5.41) is 9.71. The fraction of sp³-hybridized carbons (Fsp3) is 0.125. The van der Waals surface area contributed by atoms with Gasteiger partial charge in [-0.1, -0.05) is 42.5 Å². The molecule has 2 heterocycles. The van der Waals surface area contributed by atoms with Gasteiger partial charge >= 0.3 is 6.36 Å². The van der Waals surface area contributed by atoms with E-state index in [4.69, 9.17) is 0 Å². The van der Waals surface area contributed by atoms with Gasteiger partial charge in [-0.3, -0.25) is 14.9 Å². The van der Waals surface area contributed by atoms with E-state index in [1.165, 1.54) is 12.1 Å². The number of nitrogens with zero attached hydrogens (tertiary/aromatic N) is 2. The lowest BCUT2D eigenvalue weighted by atomic mass is 10.0. The fourth-order valence-electron chi connectivity index (χ4n) is 3.36. The zero-order chi connectivity index (χ0) is 23.3. The van der Waals surface area contributed by atoms with Crippen molar-refractivity contribution >= 4 is 5.91 Å². The molecule has 0 aliphatic heterocycles. The number of amides is 1. The van der Waals surface area contributed by atoms with Gasteiger partial charge in [0.1, 0.15) is 5.75 Å². The molecule has 4 aromatic rings. The van der Waals surface area contributed by atoms with Crippen LogP contribution < -0.4 is 10.1 Å². The molecule has 2 N–H and O–H groups in total. The maximum atomic E-state index is 13.1. The van der Waals surface area contributed by atoms with Crippen molar-refractivity contribution in [1.29, 1.82) is 0 Å². The molecule has 168 valence electrons. The summed E-state index contributed by atoms with van der Waals surface area (Å²) in [6.07, 6.45) is -2.81. The predicted molar refractivity (Wildman–Crippen MR) is 116 cm³/mol. The second-order valence-electron chi connectivity index (χ2n) is 7.09. The lowest BCUT2D eigenvalue weighted by molar-refractivity contribution is -0.274. The minimum Gasteiger partial charge on any atom is -0.405 e. The minimum absolute atomic E-state index is 0.0175. The maximum Gasteiger partial charge on any atom is 0.573 e. The van der Waals surface area contributed by atoms with E-state index < -0.39 is 18.0 Å². The smallest absolute Gasteiger partial charge is 0.405 e. The van der Waals surface area contributed by atoms with Gasteiger partial charge in [-0.15, -0.1) is 13.2 Å². The summed E-state index contributed by atoms with van der Waals surface area (Å²) in [5.41, 5.74) is 2.30. The van der Waals surface area contributed by atoms with Crippen molar-refractivity contribution in [2.24, 2.45) is 0 Å². The summed E-state index contributed by atoms with van der Waals surface area (Å²) >= 11 is 0. The van der Waals surface area contributed by atoms with Crippen LogP contribution in [-0.2, 0) is 6.42 Å². The average Bonchev–Trinajstić information content (AvgIpc) is 3.29. The van der Waals surface area contributed by atoms with Crippen molar-refractivity contribution in [2.45, 2.75) is 12.8 Å². The zero-order valence-corrected chi connectivity index (χ0v) is 17.3. The number of halogens is 3. The normalized spacial score (nSPS) is 11.2. The van der Waals surface area contributed by atoms with Gasteiger partial charge in [0, 0.05) is 24.9 Å². The topological polar surface area (TPSA) is 79.9 Å². The van der Waals surface area contributed by atoms with Gasteiger partial charge in [-0.25, -0.2) is 0 Å². The average molecular weight is 452 g/mol. The van der Waals surface area contributed by atoms with Crippen LogP contribution >= 0.6 is 0 Å². The molecule has 0 saturated carbocycles. The third-order valence-electron chi connectivity index (χ3n) is 4.81. The summed E-state index contributed by atoms with van der Waals surface area (Å²) in [4.78, 5) is 17.1. The molecule has 6 nitrogen and oxygen atoms in total. The summed E-state index contributed by atoms with van der Waals surface area (Å²) in [7, 11) is 0. The summed E-state index contributed by atoms with van der Waals surface area (Å²) in [6, 6.07) is 20.1. The van der Waals surface area contributed by atoms with Crippen molar-refractivity contribution in [3.05, 3.63) is 90.3 Å². The number of nitrogens with one attached hydrogen (secondary N) is 2. The van der Waals surface area contributed by atoms with Crippen LogP contribution in [0.4, 0.5) is 13.2 Å². The van der Waals surface area contributed by atoms with Crippen LogP contribution in [0.3, 0.4) is 0 Å². The Labute approximate surface area is 187 Å². The number of benzene rings is 2. The van der Waals surface area contributed by atoms with Gasteiger partial charge in [0.25, 0.3) is 5.91 Å². The van der Waals surface area contributed by atoms with Crippen LogP contribution in [0.1, 0.15) is 16.1 Å². The summed E-state index contributed by atoms with van der Waals surface area (Å²) in [6.45, 7) is 0.259. The van der Waals surface area contributed by atoms with Crippen molar-refractivity contribution in [3.8, 4) is 28.3 Å². The lowest BCUT2D eigenvalue weighted by Crippen LogP contribution is -2.27. The highest BCUT2D eigenvalue weighted by Gasteiger charge is 2.33. The van der Waals surface area contributed by atoms with Gasteiger partial charge in [0.05, 0.1) is 22.5 Å². The van der Waals surface area contributed by atoms with E-state index in [9.17, 15) is 18.0 Å². The van der Waals surface area contributed by atoms with Crippen molar-refractivity contribution in [2.75, 3.05) is 6.54 Å². The molecule has 0 atom stereocenters. The van der Waals surface area contributed by atoms with Gasteiger partial charge in [-0.2, -0.15) is 5.10 Å². The van der Waals surface area contributed by atoms with Crippen LogP contribution in [0.2, 0.25) is 0 Å². The fourth-order valence-corrected chi connectivity index (χ4v) is 3.36. The molecular formula is C24H19F3N4O2. The number of carbonyl (C=O) groups is 1. The molecule has 33 heavy (non-hydrogen) atoms. The first kappa shape index (κ1) is 22.1. The molecule has 0 saturated heterocycles. The number of hydrogen-bond donors (Lipinski definition) is 2. The van der Waals surface area contributed by atoms with Crippen molar-refractivity contribution < 1.29 is 22.7 Å². The highest BCUT2D eigenvalue weighted by atomic mass is 19.4. The van der Waals surface area contributed by atoms with E-state index in [-0.39, 0.29) is 23.4 Å². The van der Waals surface area contributed by atoms with E-state index in [0.29, 0.717) is 12.1 Å². The number of pyridine rings is 1. The quantitative estimate of drug-likeness (QED) is 0.413. The van der Waals surface area contributed by atoms with Crippen molar-refractivity contribution in [3.63, 3.8) is 0 Å². The van der Waals surface area contributed by atoms with Gasteiger partial charge in [0.15, 0.2) is 0 Å². The van der Waals surface area contributed by atoms with E-state index in [1.807, 2.05) is 42.5 Å². The van der Waals surface area contributed by atoms with Crippen LogP contribution in [0.15, 0.2) is 79.0 Å². The van der Waals surface area contributed by atoms with Crippen LogP contribution in [0.5, 0.6) is 5.75 Å². The Morgan fingerprint density at radius 1 is 1.00 bits per heavy atom. The third-order valence-corrected chi connectivity index (χ3v) is 4.81. The molecule has 0 fully saturated rings. The van der Waals surface area contributed by atoms with Gasteiger partial charge in [-0.05, 0) is 35.9 Å². The van der Waals surface area contributed by atoms with Gasteiger partial charge < -0.3 is 10.1 Å². The number of rotatable bonds is 7.